The highest BCUT2D eigenvalue weighted by Gasteiger charge is 2.26. The van der Waals surface area contributed by atoms with Crippen LogP contribution in [0.25, 0.3) is 16.7 Å². The SMILES string of the molecule is Cc1nnc2nc(N3CCCCc4c(C#CC(C)(C)C#N)cncc43)c3c(F)c(F)ccc3n12. The molecule has 0 unspecified atom stereocenters. The fourth-order valence-electron chi connectivity index (χ4n) is 4.23. The first-order chi connectivity index (χ1) is 16.3. The van der Waals surface area contributed by atoms with Crippen LogP contribution in [0.3, 0.4) is 0 Å². The molecule has 34 heavy (non-hydrogen) atoms. The van der Waals surface area contributed by atoms with Crippen LogP contribution in [0.15, 0.2) is 24.5 Å². The van der Waals surface area contributed by atoms with E-state index in [4.69, 9.17) is 0 Å². The summed E-state index contributed by atoms with van der Waals surface area (Å²) >= 11 is 0. The number of nitriles is 1. The molecule has 0 fully saturated rings. The van der Waals surface area contributed by atoms with E-state index in [1.54, 1.807) is 37.6 Å². The Morgan fingerprint density at radius 1 is 1.12 bits per heavy atom. The maximum absolute atomic E-state index is 15.3. The number of fused-ring (bicyclic) bond motifs is 4. The van der Waals surface area contributed by atoms with E-state index in [1.807, 2.05) is 4.90 Å². The summed E-state index contributed by atoms with van der Waals surface area (Å²) < 4.78 is 31.3. The van der Waals surface area contributed by atoms with Crippen LogP contribution in [0.1, 0.15) is 43.6 Å². The minimum Gasteiger partial charge on any atom is -0.324 e. The van der Waals surface area contributed by atoms with Gasteiger partial charge in [-0.2, -0.15) is 10.2 Å². The molecule has 4 aromatic rings. The molecule has 0 atom stereocenters. The second kappa shape index (κ2) is 8.03. The van der Waals surface area contributed by atoms with Crippen molar-refractivity contribution in [3.8, 4) is 17.9 Å². The largest absolute Gasteiger partial charge is 0.324 e. The predicted octanol–water partition coefficient (Wildman–Crippen LogP) is 4.63. The molecule has 1 aliphatic heterocycles. The summed E-state index contributed by atoms with van der Waals surface area (Å²) in [5.41, 5.74) is 2.02. The second-order valence-electron chi connectivity index (χ2n) is 8.85. The van der Waals surface area contributed by atoms with Crippen LogP contribution in [0.5, 0.6) is 0 Å². The van der Waals surface area contributed by atoms with Gasteiger partial charge in [0.1, 0.15) is 17.1 Å². The van der Waals surface area contributed by atoms with E-state index in [-0.39, 0.29) is 11.2 Å². The van der Waals surface area contributed by atoms with Crippen LogP contribution in [-0.4, -0.2) is 31.1 Å². The molecular weight excluding hydrogens is 436 g/mol. The molecule has 0 spiro atoms. The molecule has 5 rings (SSSR count). The summed E-state index contributed by atoms with van der Waals surface area (Å²) in [5, 5.41) is 17.6. The zero-order valence-corrected chi connectivity index (χ0v) is 19.0. The quantitative estimate of drug-likeness (QED) is 0.388. The molecule has 9 heteroatoms. The van der Waals surface area contributed by atoms with E-state index in [2.05, 4.69) is 38.1 Å². The summed E-state index contributed by atoms with van der Waals surface area (Å²) in [4.78, 5) is 10.9. The van der Waals surface area contributed by atoms with E-state index in [0.717, 1.165) is 36.6 Å². The molecule has 0 saturated heterocycles. The zero-order valence-electron chi connectivity index (χ0n) is 19.0. The summed E-state index contributed by atoms with van der Waals surface area (Å²) in [5.74, 6) is 5.29. The van der Waals surface area contributed by atoms with Gasteiger partial charge in [0.2, 0.25) is 0 Å². The van der Waals surface area contributed by atoms with Crippen LogP contribution in [0.4, 0.5) is 20.3 Å². The molecule has 0 aliphatic carbocycles. The van der Waals surface area contributed by atoms with E-state index in [9.17, 15) is 9.65 Å². The van der Waals surface area contributed by atoms with Gasteiger partial charge in [-0.05, 0) is 57.7 Å². The van der Waals surface area contributed by atoms with Gasteiger partial charge in [0.15, 0.2) is 11.6 Å². The Kier molecular flexibility index (Phi) is 5.13. The molecule has 0 amide bonds. The Hall–Kier alpha value is -4.11. The monoisotopic (exact) mass is 457 g/mol. The van der Waals surface area contributed by atoms with Gasteiger partial charge in [-0.25, -0.2) is 8.78 Å². The summed E-state index contributed by atoms with van der Waals surface area (Å²) in [6, 6.07) is 4.80. The first-order valence-electron chi connectivity index (χ1n) is 11.0. The topological polar surface area (TPSA) is 83.0 Å². The average molecular weight is 457 g/mol. The fraction of sp³-hybridized carbons (Fsp3) is 0.320. The van der Waals surface area contributed by atoms with Crippen LogP contribution in [-0.2, 0) is 6.42 Å². The standard InChI is InChI=1S/C25H21F2N7/c1-15-31-32-24-30-23(21-19(34(15)24)8-7-18(26)22(21)27)33-11-5-4-6-17-16(12-29-13-20(17)33)9-10-25(2,3)14-28/h7-8,12-13H,4-6,11H2,1-3H3. The highest BCUT2D eigenvalue weighted by molar-refractivity contribution is 5.94. The number of pyridine rings is 1. The number of aromatic nitrogens is 5. The third kappa shape index (κ3) is 3.50. The van der Waals surface area contributed by atoms with Gasteiger partial charge in [0.25, 0.3) is 5.78 Å². The molecule has 0 saturated carbocycles. The van der Waals surface area contributed by atoms with Crippen LogP contribution in [0, 0.1) is 47.1 Å². The Labute approximate surface area is 195 Å². The van der Waals surface area contributed by atoms with Crippen molar-refractivity contribution in [2.24, 2.45) is 5.41 Å². The molecule has 4 heterocycles. The van der Waals surface area contributed by atoms with E-state index < -0.39 is 17.0 Å². The van der Waals surface area contributed by atoms with E-state index in [0.29, 0.717) is 29.2 Å². The Morgan fingerprint density at radius 3 is 2.74 bits per heavy atom. The Balaban J connectivity index is 1.78. The lowest BCUT2D eigenvalue weighted by Gasteiger charge is -2.25. The van der Waals surface area contributed by atoms with Crippen LogP contribution >= 0.6 is 0 Å². The number of nitrogens with zero attached hydrogens (tertiary/aromatic N) is 7. The second-order valence-corrected chi connectivity index (χ2v) is 8.85. The smallest absolute Gasteiger partial charge is 0.257 e. The van der Waals surface area contributed by atoms with Gasteiger partial charge in [-0.3, -0.25) is 9.38 Å². The zero-order chi connectivity index (χ0) is 24.0. The van der Waals surface area contributed by atoms with Crippen molar-refractivity contribution in [1.82, 2.24) is 24.6 Å². The Morgan fingerprint density at radius 2 is 1.94 bits per heavy atom. The first kappa shape index (κ1) is 21.7. The summed E-state index contributed by atoms with van der Waals surface area (Å²) in [7, 11) is 0. The van der Waals surface area contributed by atoms with Crippen molar-refractivity contribution in [3.63, 3.8) is 0 Å². The number of benzene rings is 1. The van der Waals surface area contributed by atoms with Crippen molar-refractivity contribution in [2.45, 2.75) is 40.0 Å². The molecule has 1 aromatic carbocycles. The van der Waals surface area contributed by atoms with Crippen molar-refractivity contribution >= 4 is 28.2 Å². The molecule has 0 bridgehead atoms. The number of aryl methyl sites for hydroxylation is 1. The van der Waals surface area contributed by atoms with Gasteiger partial charge in [-0.15, -0.1) is 10.2 Å². The Bertz CT molecular complexity index is 1550. The average Bonchev–Trinajstić information content (AvgIpc) is 3.06. The van der Waals surface area contributed by atoms with Gasteiger partial charge in [0, 0.05) is 18.3 Å². The van der Waals surface area contributed by atoms with Gasteiger partial charge >= 0.3 is 0 Å². The minimum absolute atomic E-state index is 0.0605. The normalized spacial score (nSPS) is 13.8. The molecule has 0 N–H and O–H groups in total. The lowest BCUT2D eigenvalue weighted by atomic mass is 9.95. The van der Waals surface area contributed by atoms with E-state index in [1.165, 1.54) is 6.07 Å². The number of anilines is 2. The third-order valence-electron chi connectivity index (χ3n) is 5.98. The lowest BCUT2D eigenvalue weighted by Crippen LogP contribution is -2.21. The van der Waals surface area contributed by atoms with Crippen molar-refractivity contribution < 1.29 is 8.78 Å². The lowest BCUT2D eigenvalue weighted by molar-refractivity contribution is 0.516. The number of rotatable bonds is 1. The van der Waals surface area contributed by atoms with E-state index >= 15 is 4.39 Å². The molecule has 1 aliphatic rings. The molecule has 3 aromatic heterocycles. The summed E-state index contributed by atoms with van der Waals surface area (Å²) in [6.07, 6.45) is 5.81. The van der Waals surface area contributed by atoms with Crippen LogP contribution < -0.4 is 4.90 Å². The first-order valence-corrected chi connectivity index (χ1v) is 11.0. The predicted molar refractivity (Wildman–Crippen MR) is 123 cm³/mol. The number of hydrogen-bond acceptors (Lipinski definition) is 6. The van der Waals surface area contributed by atoms with Crippen molar-refractivity contribution in [3.05, 3.63) is 53.1 Å². The molecular formula is C25H21F2N7. The third-order valence-corrected chi connectivity index (χ3v) is 5.98. The van der Waals surface area contributed by atoms with Gasteiger partial charge in [0.05, 0.1) is 28.9 Å². The highest BCUT2D eigenvalue weighted by atomic mass is 19.2. The summed E-state index contributed by atoms with van der Waals surface area (Å²) in [6.45, 7) is 5.78. The van der Waals surface area contributed by atoms with Gasteiger partial charge < -0.3 is 4.90 Å². The highest BCUT2D eigenvalue weighted by Crippen LogP contribution is 2.38. The van der Waals surface area contributed by atoms with Crippen molar-refractivity contribution in [2.75, 3.05) is 11.4 Å². The number of halogens is 2. The van der Waals surface area contributed by atoms with Gasteiger partial charge in [-0.1, -0.05) is 11.8 Å². The number of hydrogen-bond donors (Lipinski definition) is 0. The maximum Gasteiger partial charge on any atom is 0.257 e. The maximum atomic E-state index is 15.3. The fourth-order valence-corrected chi connectivity index (χ4v) is 4.23. The molecule has 0 radical (unpaired) electrons. The molecule has 7 nitrogen and oxygen atoms in total. The van der Waals surface area contributed by atoms with Crippen LogP contribution in [0.2, 0.25) is 0 Å². The minimum atomic E-state index is -0.972. The molecule has 170 valence electrons. The van der Waals surface area contributed by atoms with Crippen molar-refractivity contribution in [1.29, 1.82) is 5.26 Å².